The van der Waals surface area contributed by atoms with Crippen molar-refractivity contribution in [2.24, 2.45) is 0 Å². The lowest BCUT2D eigenvalue weighted by molar-refractivity contribution is 0.0903. The van der Waals surface area contributed by atoms with Gasteiger partial charge in [-0.2, -0.15) is 5.26 Å². The summed E-state index contributed by atoms with van der Waals surface area (Å²) in [5.74, 6) is 0.751. The van der Waals surface area contributed by atoms with Crippen molar-refractivity contribution in [2.45, 2.75) is 45.1 Å². The molecular formula is C16H20ClN5O. The van der Waals surface area contributed by atoms with E-state index in [-0.39, 0.29) is 5.92 Å². The van der Waals surface area contributed by atoms with Gasteiger partial charge in [0, 0.05) is 19.3 Å². The lowest BCUT2D eigenvalue weighted by Crippen LogP contribution is -2.29. The number of hydrogen-bond donors (Lipinski definition) is 1. The molecule has 0 amide bonds. The summed E-state index contributed by atoms with van der Waals surface area (Å²) in [7, 11) is 0. The summed E-state index contributed by atoms with van der Waals surface area (Å²) in [6, 6.07) is 2.53. The minimum atomic E-state index is 0.190. The van der Waals surface area contributed by atoms with Crippen LogP contribution in [0.15, 0.2) is 6.20 Å². The lowest BCUT2D eigenvalue weighted by Gasteiger charge is -2.23. The average molecular weight is 334 g/mol. The number of aromatic nitrogens is 3. The second kappa shape index (κ2) is 6.73. The standard InChI is InChI=1S/C16H20ClN5O/c1-3-10(2)15-12(8-18)14(17)13-9-19-16(21-22(13)15)20-11-4-6-23-7-5-11/h9-11H,3-7H2,1-2H3,(H,20,21). The van der Waals surface area contributed by atoms with Gasteiger partial charge in [0.1, 0.15) is 11.6 Å². The maximum atomic E-state index is 9.45. The van der Waals surface area contributed by atoms with E-state index in [0.29, 0.717) is 28.1 Å². The molecule has 3 rings (SSSR count). The molecule has 0 spiro atoms. The molecule has 0 bridgehead atoms. The molecule has 2 aromatic rings. The van der Waals surface area contributed by atoms with Gasteiger partial charge in [-0.15, -0.1) is 5.10 Å². The molecule has 7 heteroatoms. The Balaban J connectivity index is 2.02. The van der Waals surface area contributed by atoms with E-state index in [0.717, 1.165) is 38.2 Å². The van der Waals surface area contributed by atoms with Crippen LogP contribution in [0.25, 0.3) is 5.52 Å². The van der Waals surface area contributed by atoms with E-state index in [1.54, 1.807) is 10.7 Å². The molecule has 1 unspecified atom stereocenters. The van der Waals surface area contributed by atoms with Crippen LogP contribution in [0.2, 0.25) is 5.02 Å². The van der Waals surface area contributed by atoms with Crippen molar-refractivity contribution in [3.05, 3.63) is 22.5 Å². The first-order valence-corrected chi connectivity index (χ1v) is 8.35. The zero-order valence-corrected chi connectivity index (χ0v) is 14.1. The van der Waals surface area contributed by atoms with Gasteiger partial charge in [0.25, 0.3) is 0 Å². The molecule has 1 saturated heterocycles. The highest BCUT2D eigenvalue weighted by Gasteiger charge is 2.23. The molecule has 0 saturated carbocycles. The maximum Gasteiger partial charge on any atom is 0.241 e. The molecule has 0 radical (unpaired) electrons. The van der Waals surface area contributed by atoms with E-state index in [9.17, 15) is 5.26 Å². The van der Waals surface area contributed by atoms with Crippen LogP contribution in [0.5, 0.6) is 0 Å². The van der Waals surface area contributed by atoms with Crippen LogP contribution in [0, 0.1) is 11.3 Å². The molecule has 6 nitrogen and oxygen atoms in total. The van der Waals surface area contributed by atoms with E-state index in [4.69, 9.17) is 16.3 Å². The fourth-order valence-electron chi connectivity index (χ4n) is 2.88. The Labute approximate surface area is 140 Å². The van der Waals surface area contributed by atoms with Gasteiger partial charge in [0.2, 0.25) is 5.95 Å². The Morgan fingerprint density at radius 3 is 2.91 bits per heavy atom. The minimum Gasteiger partial charge on any atom is -0.381 e. The highest BCUT2D eigenvalue weighted by molar-refractivity contribution is 6.35. The van der Waals surface area contributed by atoms with Crippen molar-refractivity contribution < 1.29 is 4.74 Å². The zero-order valence-electron chi connectivity index (χ0n) is 13.3. The number of nitriles is 1. The highest BCUT2D eigenvalue weighted by atomic mass is 35.5. The molecule has 1 aliphatic heterocycles. The molecule has 3 heterocycles. The second-order valence-corrected chi connectivity index (χ2v) is 6.28. The highest BCUT2D eigenvalue weighted by Crippen LogP contribution is 2.33. The van der Waals surface area contributed by atoms with E-state index in [1.807, 2.05) is 0 Å². The summed E-state index contributed by atoms with van der Waals surface area (Å²) in [6.45, 7) is 5.67. The molecule has 0 aromatic carbocycles. The number of rotatable bonds is 4. The molecule has 1 aliphatic rings. The average Bonchev–Trinajstić information content (AvgIpc) is 2.86. The normalized spacial score (nSPS) is 17.1. The molecule has 1 atom stereocenters. The maximum absolute atomic E-state index is 9.45. The van der Waals surface area contributed by atoms with Crippen LogP contribution in [-0.4, -0.2) is 33.9 Å². The topological polar surface area (TPSA) is 75.2 Å². The lowest BCUT2D eigenvalue weighted by atomic mass is 10.0. The monoisotopic (exact) mass is 333 g/mol. The van der Waals surface area contributed by atoms with Gasteiger partial charge in [0.15, 0.2) is 0 Å². The summed E-state index contributed by atoms with van der Waals surface area (Å²) in [5.41, 5.74) is 2.03. The number of anilines is 1. The predicted octanol–water partition coefficient (Wildman–Crippen LogP) is 3.36. The van der Waals surface area contributed by atoms with Crippen LogP contribution in [-0.2, 0) is 4.74 Å². The molecule has 23 heavy (non-hydrogen) atoms. The van der Waals surface area contributed by atoms with Crippen molar-refractivity contribution in [1.82, 2.24) is 14.6 Å². The van der Waals surface area contributed by atoms with Crippen molar-refractivity contribution >= 4 is 23.1 Å². The predicted molar refractivity (Wildman–Crippen MR) is 88.9 cm³/mol. The number of halogens is 1. The van der Waals surface area contributed by atoms with Crippen LogP contribution < -0.4 is 5.32 Å². The van der Waals surface area contributed by atoms with E-state index in [2.05, 4.69) is 35.3 Å². The molecule has 122 valence electrons. The van der Waals surface area contributed by atoms with Crippen LogP contribution in [0.3, 0.4) is 0 Å². The van der Waals surface area contributed by atoms with Gasteiger partial charge in [-0.1, -0.05) is 25.4 Å². The number of fused-ring (bicyclic) bond motifs is 1. The summed E-state index contributed by atoms with van der Waals surface area (Å²) < 4.78 is 7.13. The van der Waals surface area contributed by atoms with Gasteiger partial charge in [-0.05, 0) is 25.2 Å². The fraction of sp³-hybridized carbons (Fsp3) is 0.562. The smallest absolute Gasteiger partial charge is 0.241 e. The van der Waals surface area contributed by atoms with Gasteiger partial charge in [-0.25, -0.2) is 9.50 Å². The van der Waals surface area contributed by atoms with Crippen molar-refractivity contribution in [3.63, 3.8) is 0 Å². The fourth-order valence-corrected chi connectivity index (χ4v) is 3.14. The van der Waals surface area contributed by atoms with Gasteiger partial charge in [-0.3, -0.25) is 0 Å². The third kappa shape index (κ3) is 2.99. The van der Waals surface area contributed by atoms with Crippen LogP contribution in [0.1, 0.15) is 50.3 Å². The first-order valence-electron chi connectivity index (χ1n) is 7.97. The number of nitrogens with zero attached hydrogens (tertiary/aromatic N) is 4. The quantitative estimate of drug-likeness (QED) is 0.928. The molecule has 1 fully saturated rings. The minimum absolute atomic E-state index is 0.190. The third-order valence-corrected chi connectivity index (χ3v) is 4.79. The molecular weight excluding hydrogens is 314 g/mol. The summed E-state index contributed by atoms with van der Waals surface area (Å²) in [5, 5.41) is 17.8. The Bertz CT molecular complexity index is 745. The van der Waals surface area contributed by atoms with Gasteiger partial charge >= 0.3 is 0 Å². The Morgan fingerprint density at radius 1 is 1.52 bits per heavy atom. The zero-order chi connectivity index (χ0) is 16.4. The number of ether oxygens (including phenoxy) is 1. The summed E-state index contributed by atoms with van der Waals surface area (Å²) in [6.07, 6.45) is 4.47. The van der Waals surface area contributed by atoms with Crippen molar-refractivity contribution in [1.29, 1.82) is 5.26 Å². The van der Waals surface area contributed by atoms with Gasteiger partial charge < -0.3 is 10.1 Å². The molecule has 1 N–H and O–H groups in total. The number of nitrogens with one attached hydrogen (secondary N) is 1. The van der Waals surface area contributed by atoms with Crippen LogP contribution in [0.4, 0.5) is 5.95 Å². The first-order chi connectivity index (χ1) is 11.2. The Kier molecular flexibility index (Phi) is 4.69. The van der Waals surface area contributed by atoms with Gasteiger partial charge in [0.05, 0.1) is 22.5 Å². The van der Waals surface area contributed by atoms with E-state index < -0.39 is 0 Å². The largest absolute Gasteiger partial charge is 0.381 e. The van der Waals surface area contributed by atoms with Crippen molar-refractivity contribution in [3.8, 4) is 6.07 Å². The molecule has 2 aromatic heterocycles. The van der Waals surface area contributed by atoms with E-state index >= 15 is 0 Å². The SMILES string of the molecule is CCC(C)c1c(C#N)c(Cl)c2cnc(NC3CCOCC3)nn12. The third-order valence-electron chi connectivity index (χ3n) is 4.41. The van der Waals surface area contributed by atoms with E-state index in [1.165, 1.54) is 0 Å². The van der Waals surface area contributed by atoms with Crippen LogP contribution >= 0.6 is 11.6 Å². The summed E-state index contributed by atoms with van der Waals surface area (Å²) >= 11 is 6.35. The Hall–Kier alpha value is -1.84. The van der Waals surface area contributed by atoms with Crippen molar-refractivity contribution in [2.75, 3.05) is 18.5 Å². The first kappa shape index (κ1) is 16.0. The molecule has 0 aliphatic carbocycles. The number of hydrogen-bond acceptors (Lipinski definition) is 5. The summed E-state index contributed by atoms with van der Waals surface area (Å²) in [4.78, 5) is 4.36. The second-order valence-electron chi connectivity index (χ2n) is 5.91. The Morgan fingerprint density at radius 2 is 2.26 bits per heavy atom.